The van der Waals surface area contributed by atoms with Gasteiger partial charge in [-0.25, -0.2) is 5.01 Å². The van der Waals surface area contributed by atoms with E-state index >= 15 is 0 Å². The molecule has 0 bridgehead atoms. The molecule has 0 fully saturated rings. The van der Waals surface area contributed by atoms with Gasteiger partial charge in [0.05, 0.1) is 12.3 Å². The number of nitrogens with zero attached hydrogens (tertiary/aromatic N) is 3. The van der Waals surface area contributed by atoms with Crippen LogP contribution in [0.2, 0.25) is 0 Å². The third-order valence-electron chi connectivity index (χ3n) is 5.04. The predicted octanol–water partition coefficient (Wildman–Crippen LogP) is 3.44. The number of hydrogen-bond acceptors (Lipinski definition) is 4. The number of carbonyl (C=O) groups is 2. The lowest BCUT2D eigenvalue weighted by molar-refractivity contribution is -0.132. The topological polar surface area (TPSA) is 65.0 Å². The number of hydrogen-bond donors (Lipinski definition) is 1. The SMILES string of the molecule is Cc1ccc(C2=NN(CCC(=O)NCCN(CC(C)C)CC(C)C)C(=O)CC2)cc1. The summed E-state index contributed by atoms with van der Waals surface area (Å²) in [5, 5.41) is 8.98. The molecule has 2 rings (SSSR count). The highest BCUT2D eigenvalue weighted by Crippen LogP contribution is 2.16. The van der Waals surface area contributed by atoms with Crippen molar-refractivity contribution in [3.63, 3.8) is 0 Å². The highest BCUT2D eigenvalue weighted by Gasteiger charge is 2.22. The maximum atomic E-state index is 12.3. The normalized spacial score (nSPS) is 14.6. The van der Waals surface area contributed by atoms with Crippen LogP contribution in [0.15, 0.2) is 29.4 Å². The Balaban J connectivity index is 1.81. The molecule has 0 aromatic heterocycles. The number of hydrazone groups is 1. The van der Waals surface area contributed by atoms with Crippen molar-refractivity contribution >= 4 is 17.5 Å². The molecule has 1 aliphatic heterocycles. The summed E-state index contributed by atoms with van der Waals surface area (Å²) in [6.07, 6.45) is 1.35. The molecule has 0 aliphatic carbocycles. The van der Waals surface area contributed by atoms with E-state index in [1.54, 1.807) is 0 Å². The van der Waals surface area contributed by atoms with Crippen LogP contribution >= 0.6 is 0 Å². The highest BCUT2D eigenvalue weighted by molar-refractivity contribution is 6.04. The van der Waals surface area contributed by atoms with Crippen LogP contribution in [0, 0.1) is 18.8 Å². The highest BCUT2D eigenvalue weighted by atomic mass is 16.2. The van der Waals surface area contributed by atoms with E-state index in [1.165, 1.54) is 10.6 Å². The number of rotatable bonds is 11. The fourth-order valence-corrected chi connectivity index (χ4v) is 3.67. The first-order chi connectivity index (χ1) is 14.2. The van der Waals surface area contributed by atoms with E-state index in [0.717, 1.165) is 30.9 Å². The van der Waals surface area contributed by atoms with E-state index in [4.69, 9.17) is 0 Å². The van der Waals surface area contributed by atoms with Crippen molar-refractivity contribution in [1.82, 2.24) is 15.2 Å². The first-order valence-corrected chi connectivity index (χ1v) is 11.2. The van der Waals surface area contributed by atoms with E-state index in [-0.39, 0.29) is 18.2 Å². The molecular formula is C24H38N4O2. The predicted molar refractivity (Wildman–Crippen MR) is 122 cm³/mol. The van der Waals surface area contributed by atoms with Crippen LogP contribution in [0.4, 0.5) is 0 Å². The Morgan fingerprint density at radius 2 is 1.73 bits per heavy atom. The Morgan fingerprint density at radius 1 is 1.10 bits per heavy atom. The molecule has 0 saturated heterocycles. The van der Waals surface area contributed by atoms with Gasteiger partial charge < -0.3 is 10.2 Å². The van der Waals surface area contributed by atoms with E-state index in [9.17, 15) is 9.59 Å². The number of nitrogens with one attached hydrogen (secondary N) is 1. The van der Waals surface area contributed by atoms with Crippen molar-refractivity contribution in [2.45, 2.75) is 53.9 Å². The Hall–Kier alpha value is -2.21. The molecule has 1 aromatic carbocycles. The van der Waals surface area contributed by atoms with Crippen LogP contribution in [-0.4, -0.2) is 60.2 Å². The quantitative estimate of drug-likeness (QED) is 0.603. The maximum absolute atomic E-state index is 12.3. The summed E-state index contributed by atoms with van der Waals surface area (Å²) in [6, 6.07) is 8.17. The zero-order chi connectivity index (χ0) is 22.1. The van der Waals surface area contributed by atoms with Gasteiger partial charge in [0.2, 0.25) is 11.8 Å². The summed E-state index contributed by atoms with van der Waals surface area (Å²) in [4.78, 5) is 26.9. The summed E-state index contributed by atoms with van der Waals surface area (Å²) >= 11 is 0. The minimum Gasteiger partial charge on any atom is -0.355 e. The van der Waals surface area contributed by atoms with Crippen molar-refractivity contribution in [2.24, 2.45) is 16.9 Å². The van der Waals surface area contributed by atoms with Crippen molar-refractivity contribution < 1.29 is 9.59 Å². The van der Waals surface area contributed by atoms with E-state index in [2.05, 4.69) is 43.0 Å². The summed E-state index contributed by atoms with van der Waals surface area (Å²) in [5.41, 5.74) is 3.14. The van der Waals surface area contributed by atoms with Gasteiger partial charge in [-0.2, -0.15) is 5.10 Å². The average Bonchev–Trinajstić information content (AvgIpc) is 2.67. The van der Waals surface area contributed by atoms with Crippen LogP contribution in [0.25, 0.3) is 0 Å². The molecule has 1 N–H and O–H groups in total. The van der Waals surface area contributed by atoms with Crippen molar-refractivity contribution in [3.8, 4) is 0 Å². The molecule has 2 amide bonds. The minimum absolute atomic E-state index is 0.0151. The van der Waals surface area contributed by atoms with Gasteiger partial charge >= 0.3 is 0 Å². The number of aryl methyl sites for hydroxylation is 1. The lowest BCUT2D eigenvalue weighted by Gasteiger charge is -2.26. The van der Waals surface area contributed by atoms with Crippen molar-refractivity contribution in [1.29, 1.82) is 0 Å². The van der Waals surface area contributed by atoms with Crippen LogP contribution in [-0.2, 0) is 9.59 Å². The van der Waals surface area contributed by atoms with Gasteiger partial charge in [-0.05, 0) is 24.3 Å². The van der Waals surface area contributed by atoms with Crippen LogP contribution in [0.5, 0.6) is 0 Å². The Morgan fingerprint density at radius 3 is 2.33 bits per heavy atom. The van der Waals surface area contributed by atoms with E-state index < -0.39 is 0 Å². The maximum Gasteiger partial charge on any atom is 0.243 e. The molecule has 1 heterocycles. The lowest BCUT2D eigenvalue weighted by atomic mass is 10.0. The summed E-state index contributed by atoms with van der Waals surface area (Å²) in [7, 11) is 0. The Kier molecular flexibility index (Phi) is 9.50. The van der Waals surface area contributed by atoms with Gasteiger partial charge in [-0.15, -0.1) is 0 Å². The Labute approximate surface area is 181 Å². The summed E-state index contributed by atoms with van der Waals surface area (Å²) in [5.74, 6) is 1.16. The third kappa shape index (κ3) is 8.27. The fourth-order valence-electron chi connectivity index (χ4n) is 3.67. The van der Waals surface area contributed by atoms with Gasteiger partial charge in [-0.1, -0.05) is 57.5 Å². The molecule has 0 saturated carbocycles. The van der Waals surface area contributed by atoms with Crippen LogP contribution in [0.3, 0.4) is 0 Å². The number of carbonyl (C=O) groups excluding carboxylic acids is 2. The second-order valence-corrected chi connectivity index (χ2v) is 9.08. The molecule has 0 radical (unpaired) electrons. The van der Waals surface area contributed by atoms with Crippen molar-refractivity contribution in [2.75, 3.05) is 32.7 Å². The summed E-state index contributed by atoms with van der Waals surface area (Å²) in [6.45, 7) is 14.8. The van der Waals surface area contributed by atoms with E-state index in [1.807, 2.05) is 31.2 Å². The number of amides is 2. The largest absolute Gasteiger partial charge is 0.355 e. The number of benzene rings is 1. The third-order valence-corrected chi connectivity index (χ3v) is 5.04. The molecule has 1 aliphatic rings. The molecule has 6 nitrogen and oxygen atoms in total. The van der Waals surface area contributed by atoms with Gasteiger partial charge in [0.1, 0.15) is 0 Å². The first-order valence-electron chi connectivity index (χ1n) is 11.2. The molecule has 6 heteroatoms. The average molecular weight is 415 g/mol. The zero-order valence-electron chi connectivity index (χ0n) is 19.3. The summed E-state index contributed by atoms with van der Waals surface area (Å²) < 4.78 is 0. The molecule has 30 heavy (non-hydrogen) atoms. The van der Waals surface area contributed by atoms with Gasteiger partial charge in [0, 0.05) is 45.4 Å². The monoisotopic (exact) mass is 414 g/mol. The van der Waals surface area contributed by atoms with Crippen LogP contribution < -0.4 is 5.32 Å². The standard InChI is InChI=1S/C24H38N4O2/c1-18(2)16-27(17-19(3)4)15-13-25-23(29)12-14-28-24(30)11-10-22(26-28)21-8-6-20(5)7-9-21/h6-9,18-19H,10-17H2,1-5H3,(H,25,29). The smallest absolute Gasteiger partial charge is 0.243 e. The zero-order valence-corrected chi connectivity index (χ0v) is 19.3. The molecule has 0 unspecified atom stereocenters. The van der Waals surface area contributed by atoms with E-state index in [0.29, 0.717) is 37.8 Å². The second kappa shape index (κ2) is 11.8. The Bertz CT molecular complexity index is 715. The molecular weight excluding hydrogens is 376 g/mol. The first kappa shape index (κ1) is 24.1. The lowest BCUT2D eigenvalue weighted by Crippen LogP contribution is -2.40. The van der Waals surface area contributed by atoms with Gasteiger partial charge in [0.25, 0.3) is 0 Å². The minimum atomic E-state index is -0.0329. The second-order valence-electron chi connectivity index (χ2n) is 9.08. The van der Waals surface area contributed by atoms with Crippen LogP contribution in [0.1, 0.15) is 58.1 Å². The van der Waals surface area contributed by atoms with Gasteiger partial charge in [0.15, 0.2) is 0 Å². The van der Waals surface area contributed by atoms with Gasteiger partial charge in [-0.3, -0.25) is 9.59 Å². The van der Waals surface area contributed by atoms with Crippen molar-refractivity contribution in [3.05, 3.63) is 35.4 Å². The molecule has 1 aromatic rings. The molecule has 166 valence electrons. The molecule has 0 atom stereocenters. The fraction of sp³-hybridized carbons (Fsp3) is 0.625. The molecule has 0 spiro atoms.